The van der Waals surface area contributed by atoms with Crippen molar-refractivity contribution in [3.8, 4) is 23.0 Å². The summed E-state index contributed by atoms with van der Waals surface area (Å²) in [5.74, 6) is 0.695. The summed E-state index contributed by atoms with van der Waals surface area (Å²) in [5.41, 5.74) is 1.95. The highest BCUT2D eigenvalue weighted by Gasteiger charge is 2.36. The predicted molar refractivity (Wildman–Crippen MR) is 164 cm³/mol. The van der Waals surface area contributed by atoms with Crippen LogP contribution in [0.3, 0.4) is 0 Å². The van der Waals surface area contributed by atoms with Gasteiger partial charge in [0.15, 0.2) is 13.2 Å². The molecule has 45 heavy (non-hydrogen) atoms. The van der Waals surface area contributed by atoms with E-state index in [-0.39, 0.29) is 18.4 Å². The van der Waals surface area contributed by atoms with Gasteiger partial charge in [-0.1, -0.05) is 23.7 Å². The van der Waals surface area contributed by atoms with Crippen molar-refractivity contribution in [2.24, 2.45) is 5.92 Å². The van der Waals surface area contributed by atoms with E-state index in [0.717, 1.165) is 24.0 Å². The quantitative estimate of drug-likeness (QED) is 0.339. The summed E-state index contributed by atoms with van der Waals surface area (Å²) in [4.78, 5) is 39.4. The predicted octanol–water partition coefficient (Wildman–Crippen LogP) is 3.66. The summed E-state index contributed by atoms with van der Waals surface area (Å²) < 4.78 is 23.7. The van der Waals surface area contributed by atoms with Crippen LogP contribution >= 0.6 is 11.6 Å². The van der Waals surface area contributed by atoms with Crippen LogP contribution in [0.15, 0.2) is 60.7 Å². The number of carboxylic acid groups (broad SMARTS) is 1. The second-order valence-electron chi connectivity index (χ2n) is 11.5. The van der Waals surface area contributed by atoms with Gasteiger partial charge < -0.3 is 34.7 Å². The van der Waals surface area contributed by atoms with Crippen LogP contribution in [0.1, 0.15) is 34.3 Å². The Morgan fingerprint density at radius 2 is 1.82 bits per heavy atom. The van der Waals surface area contributed by atoms with Crippen molar-refractivity contribution >= 4 is 29.4 Å². The number of halogens is 1. The van der Waals surface area contributed by atoms with E-state index < -0.39 is 24.7 Å². The monoisotopic (exact) mass is 635 g/mol. The van der Waals surface area contributed by atoms with Gasteiger partial charge in [-0.25, -0.2) is 4.79 Å². The number of carbonyl (C=O) groups is 3. The third kappa shape index (κ3) is 8.37. The van der Waals surface area contributed by atoms with Crippen LogP contribution in [-0.2, 0) is 22.7 Å². The molecule has 0 spiro atoms. The van der Waals surface area contributed by atoms with Gasteiger partial charge in [0, 0.05) is 48.4 Å². The van der Waals surface area contributed by atoms with Gasteiger partial charge in [-0.2, -0.15) is 0 Å². The standard InChI is InChI=1S/C33H34ClN3O8/c34-24-5-8-29(44-19-32(39)40)23(9-24)14-37-15-28-30(16-37)45-25-6-3-20(4-7-25)13-35-31(38)18-43-27-11-22(33(41)36-28)10-26(12-27)42-17-21-1-2-21/h3-12,21,28,30H,1-2,13-19H2,(H,35,38)(H,36,41)(H,39,40)/t28-,30-/m0/s1. The van der Waals surface area contributed by atoms with Crippen LogP contribution in [-0.4, -0.2) is 72.8 Å². The fraction of sp³-hybridized carbons (Fsp3) is 0.364. The van der Waals surface area contributed by atoms with Gasteiger partial charge in [0.1, 0.15) is 29.1 Å². The molecule has 11 nitrogen and oxygen atoms in total. The molecule has 0 radical (unpaired) electrons. The Bertz CT molecular complexity index is 1560. The molecule has 2 fully saturated rings. The summed E-state index contributed by atoms with van der Waals surface area (Å²) in [6, 6.07) is 17.0. The van der Waals surface area contributed by atoms with E-state index >= 15 is 0 Å². The van der Waals surface area contributed by atoms with Gasteiger partial charge in [0.25, 0.3) is 11.8 Å². The lowest BCUT2D eigenvalue weighted by atomic mass is 10.1. The average Bonchev–Trinajstić information content (AvgIpc) is 3.78. The number of amides is 2. The molecule has 3 heterocycles. The second kappa shape index (κ2) is 13.7. The zero-order chi connectivity index (χ0) is 31.3. The normalized spacial score (nSPS) is 20.2. The number of hydrogen-bond acceptors (Lipinski definition) is 8. The number of likely N-dealkylation sites (tertiary alicyclic amines) is 1. The molecule has 3 N–H and O–H groups in total. The average molecular weight is 636 g/mol. The fourth-order valence-corrected chi connectivity index (χ4v) is 5.51. The molecule has 3 aromatic carbocycles. The molecule has 236 valence electrons. The number of carboxylic acids is 1. The van der Waals surface area contributed by atoms with Crippen molar-refractivity contribution in [2.45, 2.75) is 38.1 Å². The van der Waals surface area contributed by atoms with Crippen LogP contribution in [0.2, 0.25) is 5.02 Å². The maximum atomic E-state index is 13.7. The minimum Gasteiger partial charge on any atom is -0.493 e. The topological polar surface area (TPSA) is 136 Å². The number of nitrogens with zero attached hydrogens (tertiary/aromatic N) is 1. The fourth-order valence-electron chi connectivity index (χ4n) is 5.31. The largest absolute Gasteiger partial charge is 0.493 e. The van der Waals surface area contributed by atoms with Crippen molar-refractivity contribution in [2.75, 3.05) is 32.9 Å². The van der Waals surface area contributed by atoms with Gasteiger partial charge >= 0.3 is 5.97 Å². The maximum absolute atomic E-state index is 13.7. The molecule has 4 aliphatic rings. The molecule has 7 rings (SSSR count). The summed E-state index contributed by atoms with van der Waals surface area (Å²) in [7, 11) is 0. The number of nitrogens with one attached hydrogen (secondary N) is 2. The number of aliphatic carboxylic acids is 1. The first kappa shape index (κ1) is 30.5. The highest BCUT2D eigenvalue weighted by molar-refractivity contribution is 6.30. The van der Waals surface area contributed by atoms with Crippen molar-refractivity contribution in [3.05, 3.63) is 82.4 Å². The summed E-state index contributed by atoms with van der Waals surface area (Å²) in [5, 5.41) is 15.6. The molecule has 4 bridgehead atoms. The third-order valence-electron chi connectivity index (χ3n) is 7.82. The van der Waals surface area contributed by atoms with Gasteiger partial charge in [0.05, 0.1) is 12.6 Å². The molecule has 12 heteroatoms. The zero-order valence-corrected chi connectivity index (χ0v) is 25.3. The van der Waals surface area contributed by atoms with Crippen LogP contribution in [0.25, 0.3) is 0 Å². The van der Waals surface area contributed by atoms with E-state index in [1.165, 1.54) is 0 Å². The van der Waals surface area contributed by atoms with E-state index in [1.807, 2.05) is 24.3 Å². The van der Waals surface area contributed by atoms with Gasteiger partial charge in [-0.05, 0) is 66.8 Å². The first-order chi connectivity index (χ1) is 21.8. The first-order valence-corrected chi connectivity index (χ1v) is 15.2. The van der Waals surface area contributed by atoms with Crippen molar-refractivity contribution in [3.63, 3.8) is 0 Å². The highest BCUT2D eigenvalue weighted by atomic mass is 35.5. The maximum Gasteiger partial charge on any atom is 0.341 e. The van der Waals surface area contributed by atoms with Crippen LogP contribution < -0.4 is 29.6 Å². The van der Waals surface area contributed by atoms with E-state index in [1.54, 1.807) is 36.4 Å². The lowest BCUT2D eigenvalue weighted by Gasteiger charge is -2.22. The number of benzene rings is 3. The van der Waals surface area contributed by atoms with Crippen molar-refractivity contribution < 1.29 is 38.4 Å². The number of rotatable bonds is 8. The molecule has 1 aliphatic carbocycles. The van der Waals surface area contributed by atoms with Crippen molar-refractivity contribution in [1.82, 2.24) is 15.5 Å². The van der Waals surface area contributed by atoms with Crippen LogP contribution in [0, 0.1) is 5.92 Å². The van der Waals surface area contributed by atoms with Gasteiger partial charge in [-0.3, -0.25) is 14.5 Å². The Balaban J connectivity index is 1.26. The lowest BCUT2D eigenvalue weighted by molar-refractivity contribution is -0.139. The number of ether oxygens (including phenoxy) is 4. The summed E-state index contributed by atoms with van der Waals surface area (Å²) in [6.45, 7) is 1.49. The smallest absolute Gasteiger partial charge is 0.341 e. The molecule has 1 saturated heterocycles. The molecule has 1 saturated carbocycles. The Hall–Kier alpha value is -4.48. The van der Waals surface area contributed by atoms with Crippen molar-refractivity contribution in [1.29, 1.82) is 0 Å². The molecule has 2 atom stereocenters. The molecule has 0 aromatic heterocycles. The lowest BCUT2D eigenvalue weighted by Crippen LogP contribution is -2.45. The highest BCUT2D eigenvalue weighted by Crippen LogP contribution is 2.32. The number of carbonyl (C=O) groups excluding carboxylic acids is 2. The van der Waals surface area contributed by atoms with E-state index in [4.69, 9.17) is 35.7 Å². The van der Waals surface area contributed by atoms with Gasteiger partial charge in [0.2, 0.25) is 0 Å². The molecule has 2 amide bonds. The minimum absolute atomic E-state index is 0.213. The molecule has 0 unspecified atom stereocenters. The zero-order valence-electron chi connectivity index (χ0n) is 24.5. The Morgan fingerprint density at radius 1 is 1.00 bits per heavy atom. The molecule has 3 aromatic rings. The molecule has 3 aliphatic heterocycles. The summed E-state index contributed by atoms with van der Waals surface area (Å²) in [6.07, 6.45) is 1.82. The minimum atomic E-state index is -1.08. The Kier molecular flexibility index (Phi) is 9.27. The van der Waals surface area contributed by atoms with Crippen LogP contribution in [0.5, 0.6) is 23.0 Å². The van der Waals surface area contributed by atoms with Crippen LogP contribution in [0.4, 0.5) is 0 Å². The van der Waals surface area contributed by atoms with E-state index in [0.29, 0.717) is 72.3 Å². The summed E-state index contributed by atoms with van der Waals surface area (Å²) >= 11 is 6.28. The SMILES string of the molecule is O=C(O)COc1ccc(Cl)cc1CN1C[C@@H]2NC(=O)c3cc(cc(OCC4CC4)c3)OCC(=O)NCc3ccc(cc3)O[C@H]2C1. The number of hydrogen-bond donors (Lipinski definition) is 3. The second-order valence-corrected chi connectivity index (χ2v) is 12.0. The third-order valence-corrected chi connectivity index (χ3v) is 8.06. The van der Waals surface area contributed by atoms with E-state index in [2.05, 4.69) is 15.5 Å². The Labute approximate surface area is 265 Å². The molecular weight excluding hydrogens is 602 g/mol. The molecular formula is C33H34ClN3O8. The first-order valence-electron chi connectivity index (χ1n) is 14.9. The number of fused-ring (bicyclic) bond motifs is 7. The van der Waals surface area contributed by atoms with E-state index in [9.17, 15) is 14.4 Å². The van der Waals surface area contributed by atoms with Gasteiger partial charge in [-0.15, -0.1) is 0 Å². The Morgan fingerprint density at radius 3 is 2.60 bits per heavy atom.